The molecule has 0 spiro atoms. The van der Waals surface area contributed by atoms with Gasteiger partial charge in [-0.15, -0.1) is 0 Å². The average Bonchev–Trinajstić information content (AvgIpc) is 0. The Morgan fingerprint density at radius 2 is 1.00 bits per heavy atom. The van der Waals surface area contributed by atoms with Gasteiger partial charge in [-0.1, -0.05) is 0 Å². The van der Waals surface area contributed by atoms with E-state index in [1.54, 1.807) is 0 Å². The summed E-state index contributed by atoms with van der Waals surface area (Å²) in [5.74, 6) is 0. The minimum absolute atomic E-state index is 0. The van der Waals surface area contributed by atoms with Gasteiger partial charge >= 0.3 is 92.3 Å². The van der Waals surface area contributed by atoms with Crippen molar-refractivity contribution in [1.29, 1.82) is 0 Å². The summed E-state index contributed by atoms with van der Waals surface area (Å²) in [7, 11) is 0. The first-order valence-corrected chi connectivity index (χ1v) is 0. The van der Waals surface area contributed by atoms with Crippen molar-refractivity contribution in [3.63, 3.8) is 0 Å². The van der Waals surface area contributed by atoms with Crippen LogP contribution in [-0.2, 0) is 30.6 Å². The fraction of sp³-hybridized carbons (Fsp3) is 0. The minimum atomic E-state index is 0. The molecule has 0 atom stereocenters. The third-order valence-corrected chi connectivity index (χ3v) is 0. The van der Waals surface area contributed by atoms with Gasteiger partial charge in [0.15, 0.2) is 0 Å². The Hall–Kier alpha value is 3.38. The van der Waals surface area contributed by atoms with Gasteiger partial charge in [-0.2, -0.15) is 0 Å². The maximum Gasteiger partial charge on any atom is 3.00 e. The molecular weight excluding hydrogens is 303 g/mol. The summed E-state index contributed by atoms with van der Waals surface area (Å²) in [6, 6.07) is 0. The van der Waals surface area contributed by atoms with Crippen molar-refractivity contribution in [3.05, 3.63) is 0 Å². The minimum Gasteiger partial charge on any atom is -2.00 e. The molecule has 0 saturated heterocycles. The molecule has 0 bridgehead atoms. The van der Waals surface area contributed by atoms with E-state index in [-0.39, 0.29) is 106 Å². The number of rotatable bonds is 0. The predicted molar refractivity (Wildman–Crippen MR) is 18.9 cm³/mol. The van der Waals surface area contributed by atoms with E-state index in [1.807, 2.05) is 0 Å². The summed E-state index contributed by atoms with van der Waals surface area (Å²) in [5, 5.41) is 0. The van der Waals surface area contributed by atoms with E-state index < -0.39 is 0 Å². The topological polar surface area (TPSA) is 0 Å². The standard InChI is InChI=1S/Cu.Ga.In.Na.S/q+2;2*+3;+1;-2. The van der Waals surface area contributed by atoms with Crippen LogP contribution in [0.3, 0.4) is 0 Å². The van der Waals surface area contributed by atoms with E-state index in [9.17, 15) is 0 Å². The van der Waals surface area contributed by atoms with Gasteiger partial charge in [-0.3, -0.25) is 0 Å². The van der Waals surface area contributed by atoms with E-state index in [2.05, 4.69) is 0 Å². The van der Waals surface area contributed by atoms with E-state index in [0.717, 1.165) is 0 Å². The smallest absolute Gasteiger partial charge is 2.00 e. The van der Waals surface area contributed by atoms with Crippen LogP contribution in [0.2, 0.25) is 0 Å². The Labute approximate surface area is 104 Å². The van der Waals surface area contributed by atoms with E-state index >= 15 is 0 Å². The van der Waals surface area contributed by atoms with Gasteiger partial charge in [0.25, 0.3) is 0 Å². The quantitative estimate of drug-likeness (QED) is 0.403. The fourth-order valence-electron chi connectivity index (χ4n) is 0. The van der Waals surface area contributed by atoms with Gasteiger partial charge in [-0.05, 0) is 0 Å². The zero-order valence-corrected chi connectivity index (χ0v) is 12.3. The molecule has 0 fully saturated rings. The Kier molecular flexibility index (Phi) is 210. The maximum absolute atomic E-state index is 0. The number of hydrogen-bond donors (Lipinski definition) is 0. The van der Waals surface area contributed by atoms with E-state index in [0.29, 0.717) is 0 Å². The molecule has 17 valence electrons. The molecule has 0 rings (SSSR count). The Morgan fingerprint density at radius 3 is 1.00 bits per heavy atom. The van der Waals surface area contributed by atoms with Crippen molar-refractivity contribution in [2.45, 2.75) is 0 Å². The van der Waals surface area contributed by atoms with Crippen molar-refractivity contribution < 1.29 is 46.6 Å². The molecule has 5 heavy (non-hydrogen) atoms. The molecule has 0 N–H and O–H groups in total. The first kappa shape index (κ1) is 40.0. The van der Waals surface area contributed by atoms with Crippen LogP contribution < -0.4 is 29.6 Å². The molecule has 0 amide bonds. The summed E-state index contributed by atoms with van der Waals surface area (Å²) < 4.78 is 0. The first-order chi connectivity index (χ1) is 0. The second-order valence-corrected chi connectivity index (χ2v) is 0. The molecule has 5 heteroatoms. The molecule has 0 unspecified atom stereocenters. The van der Waals surface area contributed by atoms with Crippen LogP contribution in [-0.4, -0.2) is 45.6 Å². The molecule has 0 aromatic rings. The largest absolute Gasteiger partial charge is 3.00 e. The molecule has 0 aliphatic heterocycles. The monoisotopic (exact) mass is 302 g/mol. The summed E-state index contributed by atoms with van der Waals surface area (Å²) in [6.07, 6.45) is 0. The second kappa shape index (κ2) is 26.3. The molecule has 0 nitrogen and oxygen atoms in total. The summed E-state index contributed by atoms with van der Waals surface area (Å²) in [4.78, 5) is 0. The molecule has 0 aliphatic rings. The van der Waals surface area contributed by atoms with Gasteiger partial charge in [-0.25, -0.2) is 0 Å². The molecule has 0 aromatic carbocycles. The van der Waals surface area contributed by atoms with Gasteiger partial charge in [0.05, 0.1) is 0 Å². The van der Waals surface area contributed by atoms with Crippen molar-refractivity contribution in [1.82, 2.24) is 0 Å². The fourth-order valence-corrected chi connectivity index (χ4v) is 0. The van der Waals surface area contributed by atoms with Crippen LogP contribution in [0.15, 0.2) is 0 Å². The molecule has 0 heterocycles. The van der Waals surface area contributed by atoms with Crippen LogP contribution >= 0.6 is 0 Å². The van der Waals surface area contributed by atoms with Gasteiger partial charge in [0.2, 0.25) is 0 Å². The van der Waals surface area contributed by atoms with Crippen LogP contribution in [0, 0.1) is 0 Å². The summed E-state index contributed by atoms with van der Waals surface area (Å²) in [5.41, 5.74) is 0. The average molecular weight is 303 g/mol. The normalized spacial score (nSPS) is 0. The van der Waals surface area contributed by atoms with Crippen LogP contribution in [0.1, 0.15) is 0 Å². The maximum atomic E-state index is 0. The Bertz CT molecular complexity index is 11.6. The Balaban J connectivity index is 0. The molecular formula is CuGaInNaS+7. The van der Waals surface area contributed by atoms with Gasteiger partial charge in [0.1, 0.15) is 0 Å². The molecule has 1 radical (unpaired) electrons. The zero-order valence-electron chi connectivity index (χ0n) is 2.86. The number of hydrogen-bond acceptors (Lipinski definition) is 0. The SMILES string of the molecule is [Cu+2].[Ga+3].[In+3].[Na+].[S-2]. The predicted octanol–water partition coefficient (Wildman–Crippen LogP) is -3.76. The van der Waals surface area contributed by atoms with Crippen molar-refractivity contribution in [2.24, 2.45) is 0 Å². The summed E-state index contributed by atoms with van der Waals surface area (Å²) >= 11 is 0. The van der Waals surface area contributed by atoms with Crippen molar-refractivity contribution in [3.8, 4) is 0 Å². The van der Waals surface area contributed by atoms with Crippen LogP contribution in [0.4, 0.5) is 0 Å². The van der Waals surface area contributed by atoms with Crippen molar-refractivity contribution in [2.75, 3.05) is 0 Å². The molecule has 0 saturated carbocycles. The van der Waals surface area contributed by atoms with Crippen LogP contribution in [0.5, 0.6) is 0 Å². The van der Waals surface area contributed by atoms with E-state index in [4.69, 9.17) is 0 Å². The van der Waals surface area contributed by atoms with E-state index in [1.165, 1.54) is 0 Å². The van der Waals surface area contributed by atoms with Gasteiger partial charge < -0.3 is 13.5 Å². The second-order valence-electron chi connectivity index (χ2n) is 0. The third kappa shape index (κ3) is 18.7. The van der Waals surface area contributed by atoms with Crippen LogP contribution in [0.25, 0.3) is 0 Å². The summed E-state index contributed by atoms with van der Waals surface area (Å²) in [6.45, 7) is 0. The zero-order chi connectivity index (χ0) is 0. The van der Waals surface area contributed by atoms with Gasteiger partial charge in [0, 0.05) is 0 Å². The molecule has 0 aromatic heterocycles. The van der Waals surface area contributed by atoms with Crippen molar-refractivity contribution >= 4 is 59.1 Å². The molecule has 0 aliphatic carbocycles. The first-order valence-electron chi connectivity index (χ1n) is 0. The third-order valence-electron chi connectivity index (χ3n) is 0. The Morgan fingerprint density at radius 1 is 1.00 bits per heavy atom.